The molecule has 0 bridgehead atoms. The maximum atomic E-state index is 12.4. The average molecular weight is 397 g/mol. The molecular formula is C21H23N3O5. The normalized spacial score (nSPS) is 13.3. The van der Waals surface area contributed by atoms with E-state index < -0.39 is 0 Å². The molecule has 2 heterocycles. The van der Waals surface area contributed by atoms with Gasteiger partial charge in [0.05, 0.1) is 6.54 Å². The van der Waals surface area contributed by atoms with E-state index in [0.29, 0.717) is 23.0 Å². The highest BCUT2D eigenvalue weighted by molar-refractivity contribution is 5.86. The first kappa shape index (κ1) is 19.2. The summed E-state index contributed by atoms with van der Waals surface area (Å²) in [5.41, 5.74) is 2.87. The molecule has 2 aromatic heterocycles. The Balaban J connectivity index is 1.51. The van der Waals surface area contributed by atoms with Crippen LogP contribution in [0.15, 0.2) is 25.9 Å². The van der Waals surface area contributed by atoms with Gasteiger partial charge in [0.2, 0.25) is 5.89 Å². The number of ether oxygens (including phenoxy) is 1. The molecule has 152 valence electrons. The summed E-state index contributed by atoms with van der Waals surface area (Å²) in [5, 5.41) is 4.67. The Morgan fingerprint density at radius 3 is 2.69 bits per heavy atom. The Bertz CT molecular complexity index is 1130. The minimum absolute atomic E-state index is 0.148. The third-order valence-corrected chi connectivity index (χ3v) is 5.31. The van der Waals surface area contributed by atoms with Crippen molar-refractivity contribution < 1.29 is 18.5 Å². The molecule has 0 unspecified atom stereocenters. The molecule has 0 atom stereocenters. The highest BCUT2D eigenvalue weighted by Gasteiger charge is 2.20. The van der Waals surface area contributed by atoms with Crippen LogP contribution in [0.5, 0.6) is 5.75 Å². The zero-order valence-corrected chi connectivity index (χ0v) is 16.8. The molecule has 0 N–H and O–H groups in total. The standard InChI is InChI=1S/C21H23N3O5/c1-12-17(27-11-19(25)24(3)10-18-22-13(2)23-29-18)9-8-15-14-6-4-5-7-16(14)21(26)28-20(12)15/h8-9H,4-7,10-11H2,1-3H3. The molecule has 0 fully saturated rings. The van der Waals surface area contributed by atoms with Crippen molar-refractivity contribution in [2.75, 3.05) is 13.7 Å². The number of fused-ring (bicyclic) bond motifs is 3. The van der Waals surface area contributed by atoms with Gasteiger partial charge in [0.25, 0.3) is 5.91 Å². The summed E-state index contributed by atoms with van der Waals surface area (Å²) in [5.74, 6) is 1.18. The van der Waals surface area contributed by atoms with Gasteiger partial charge in [-0.25, -0.2) is 4.79 Å². The number of nitrogens with zero attached hydrogens (tertiary/aromatic N) is 3. The fourth-order valence-electron chi connectivity index (χ4n) is 3.73. The summed E-state index contributed by atoms with van der Waals surface area (Å²) in [6.45, 7) is 3.62. The highest BCUT2D eigenvalue weighted by atomic mass is 16.5. The van der Waals surface area contributed by atoms with Gasteiger partial charge in [-0.3, -0.25) is 4.79 Å². The summed E-state index contributed by atoms with van der Waals surface area (Å²) in [6, 6.07) is 3.75. The summed E-state index contributed by atoms with van der Waals surface area (Å²) in [6.07, 6.45) is 3.74. The number of aromatic nitrogens is 2. The Morgan fingerprint density at radius 1 is 1.21 bits per heavy atom. The van der Waals surface area contributed by atoms with Crippen LogP contribution < -0.4 is 10.4 Å². The maximum absolute atomic E-state index is 12.4. The van der Waals surface area contributed by atoms with Gasteiger partial charge in [-0.2, -0.15) is 4.98 Å². The van der Waals surface area contributed by atoms with Crippen molar-refractivity contribution >= 4 is 16.9 Å². The van der Waals surface area contributed by atoms with Gasteiger partial charge in [0, 0.05) is 23.6 Å². The topological polar surface area (TPSA) is 98.7 Å². The Kier molecular flexibility index (Phi) is 5.08. The molecule has 1 aromatic carbocycles. The van der Waals surface area contributed by atoms with E-state index in [1.807, 2.05) is 19.1 Å². The second kappa shape index (κ2) is 7.69. The number of hydrogen-bond acceptors (Lipinski definition) is 7. The lowest BCUT2D eigenvalue weighted by Crippen LogP contribution is -2.31. The molecule has 4 rings (SSSR count). The fourth-order valence-corrected chi connectivity index (χ4v) is 3.73. The third kappa shape index (κ3) is 3.74. The molecule has 0 radical (unpaired) electrons. The lowest BCUT2D eigenvalue weighted by atomic mass is 9.90. The zero-order chi connectivity index (χ0) is 20.5. The van der Waals surface area contributed by atoms with Gasteiger partial charge in [-0.05, 0) is 57.2 Å². The summed E-state index contributed by atoms with van der Waals surface area (Å²) in [7, 11) is 1.64. The number of aryl methyl sites for hydroxylation is 3. The summed E-state index contributed by atoms with van der Waals surface area (Å²) < 4.78 is 16.4. The van der Waals surface area contributed by atoms with Gasteiger partial charge in [0.15, 0.2) is 12.4 Å². The van der Waals surface area contributed by atoms with Crippen molar-refractivity contribution in [3.05, 3.63) is 51.0 Å². The smallest absolute Gasteiger partial charge is 0.339 e. The van der Waals surface area contributed by atoms with Crippen LogP contribution in [0.2, 0.25) is 0 Å². The maximum Gasteiger partial charge on any atom is 0.339 e. The minimum atomic E-state index is -0.266. The quantitative estimate of drug-likeness (QED) is 0.610. The van der Waals surface area contributed by atoms with Crippen LogP contribution in [0.25, 0.3) is 11.0 Å². The number of benzene rings is 1. The predicted octanol–water partition coefficient (Wildman–Crippen LogP) is 2.71. The fraction of sp³-hybridized carbons (Fsp3) is 0.429. The van der Waals surface area contributed by atoms with Crippen molar-refractivity contribution in [3.8, 4) is 5.75 Å². The monoisotopic (exact) mass is 397 g/mol. The summed E-state index contributed by atoms with van der Waals surface area (Å²) in [4.78, 5) is 30.3. The largest absolute Gasteiger partial charge is 0.483 e. The minimum Gasteiger partial charge on any atom is -0.483 e. The molecular weight excluding hydrogens is 374 g/mol. The Labute approximate surface area is 167 Å². The van der Waals surface area contributed by atoms with E-state index in [4.69, 9.17) is 13.7 Å². The molecule has 8 heteroatoms. The third-order valence-electron chi connectivity index (χ3n) is 5.31. The van der Waals surface area contributed by atoms with Gasteiger partial charge in [0.1, 0.15) is 11.3 Å². The van der Waals surface area contributed by atoms with E-state index in [1.165, 1.54) is 4.90 Å². The van der Waals surface area contributed by atoms with Crippen LogP contribution in [0, 0.1) is 13.8 Å². The average Bonchev–Trinajstić information content (AvgIpc) is 3.12. The number of hydrogen-bond donors (Lipinski definition) is 0. The second-order valence-corrected chi connectivity index (χ2v) is 7.39. The molecule has 29 heavy (non-hydrogen) atoms. The molecule has 0 saturated heterocycles. The molecule has 1 aliphatic carbocycles. The first-order valence-corrected chi connectivity index (χ1v) is 9.68. The van der Waals surface area contributed by atoms with Crippen LogP contribution in [0.3, 0.4) is 0 Å². The molecule has 0 spiro atoms. The van der Waals surface area contributed by atoms with E-state index in [1.54, 1.807) is 14.0 Å². The number of carbonyl (C=O) groups is 1. The first-order chi connectivity index (χ1) is 13.9. The lowest BCUT2D eigenvalue weighted by Gasteiger charge is -2.19. The first-order valence-electron chi connectivity index (χ1n) is 9.68. The van der Waals surface area contributed by atoms with Crippen LogP contribution >= 0.6 is 0 Å². The number of likely N-dealkylation sites (N-methyl/N-ethyl adjacent to an activating group) is 1. The van der Waals surface area contributed by atoms with Crippen molar-refractivity contribution in [1.29, 1.82) is 0 Å². The van der Waals surface area contributed by atoms with Crippen LogP contribution in [-0.2, 0) is 24.2 Å². The lowest BCUT2D eigenvalue weighted by molar-refractivity contribution is -0.132. The second-order valence-electron chi connectivity index (χ2n) is 7.39. The van der Waals surface area contributed by atoms with Gasteiger partial charge in [-0.1, -0.05) is 5.16 Å². The van der Waals surface area contributed by atoms with Crippen molar-refractivity contribution in [1.82, 2.24) is 15.0 Å². The van der Waals surface area contributed by atoms with E-state index >= 15 is 0 Å². The van der Waals surface area contributed by atoms with Crippen molar-refractivity contribution in [3.63, 3.8) is 0 Å². The molecule has 0 saturated carbocycles. The van der Waals surface area contributed by atoms with Crippen molar-refractivity contribution in [2.45, 2.75) is 46.1 Å². The van der Waals surface area contributed by atoms with Crippen LogP contribution in [-0.4, -0.2) is 34.6 Å². The summed E-state index contributed by atoms with van der Waals surface area (Å²) >= 11 is 0. The predicted molar refractivity (Wildman–Crippen MR) is 105 cm³/mol. The van der Waals surface area contributed by atoms with E-state index in [-0.39, 0.29) is 24.7 Å². The highest BCUT2D eigenvalue weighted by Crippen LogP contribution is 2.32. The van der Waals surface area contributed by atoms with Crippen LogP contribution in [0.4, 0.5) is 0 Å². The van der Waals surface area contributed by atoms with Crippen LogP contribution in [0.1, 0.15) is 41.2 Å². The zero-order valence-electron chi connectivity index (χ0n) is 16.8. The van der Waals surface area contributed by atoms with Gasteiger partial charge < -0.3 is 18.6 Å². The number of rotatable bonds is 5. The van der Waals surface area contributed by atoms with Gasteiger partial charge in [-0.15, -0.1) is 0 Å². The van der Waals surface area contributed by atoms with E-state index in [9.17, 15) is 9.59 Å². The Morgan fingerprint density at radius 2 is 1.97 bits per heavy atom. The number of carbonyl (C=O) groups excluding carboxylic acids is 1. The van der Waals surface area contributed by atoms with E-state index in [2.05, 4.69) is 10.1 Å². The van der Waals surface area contributed by atoms with Gasteiger partial charge >= 0.3 is 5.63 Å². The molecule has 8 nitrogen and oxygen atoms in total. The Hall–Kier alpha value is -3.16. The molecule has 1 aliphatic rings. The molecule has 3 aromatic rings. The SMILES string of the molecule is Cc1noc(CN(C)C(=O)COc2ccc3c4c(c(=O)oc3c2C)CCCC4)n1. The molecule has 0 aliphatic heterocycles. The number of amides is 1. The van der Waals surface area contributed by atoms with Crippen molar-refractivity contribution in [2.24, 2.45) is 0 Å². The molecule has 1 amide bonds. The van der Waals surface area contributed by atoms with E-state index in [0.717, 1.165) is 47.8 Å².